The number of aromatic hydroxyl groups is 1. The third kappa shape index (κ3) is 5.70. The number of nitrogens with one attached hydrogen (secondary N) is 1. The van der Waals surface area contributed by atoms with Crippen LogP contribution in [0.15, 0.2) is 12.1 Å². The molecule has 0 aliphatic carbocycles. The maximum Gasteiger partial charge on any atom is 0.408 e. The van der Waals surface area contributed by atoms with E-state index >= 15 is 0 Å². The Hall–Kier alpha value is -1.51. The van der Waals surface area contributed by atoms with Crippen LogP contribution >= 0.6 is 22.6 Å². The number of halogens is 1. The summed E-state index contributed by atoms with van der Waals surface area (Å²) < 4.78 is 5.69. The van der Waals surface area contributed by atoms with E-state index in [4.69, 9.17) is 4.74 Å². The largest absolute Gasteiger partial charge is 0.507 e. The molecular weight excluding hydrogens is 401 g/mol. The minimum Gasteiger partial charge on any atom is -0.507 e. The highest BCUT2D eigenvalue weighted by atomic mass is 127. The summed E-state index contributed by atoms with van der Waals surface area (Å²) in [7, 11) is 0. The van der Waals surface area contributed by atoms with E-state index in [9.17, 15) is 19.8 Å². The van der Waals surface area contributed by atoms with Crippen molar-refractivity contribution >= 4 is 34.7 Å². The number of alkyl carbamates (subject to hydrolysis) is 1. The van der Waals surface area contributed by atoms with Gasteiger partial charge in [-0.05, 0) is 67.5 Å². The second-order valence-electron chi connectivity index (χ2n) is 6.00. The highest BCUT2D eigenvalue weighted by molar-refractivity contribution is 14.1. The number of amides is 1. The molecule has 0 aliphatic heterocycles. The normalized spacial score (nSPS) is 12.6. The van der Waals surface area contributed by atoms with Gasteiger partial charge in [-0.2, -0.15) is 0 Å². The summed E-state index contributed by atoms with van der Waals surface area (Å²) in [4.78, 5) is 23.1. The summed E-state index contributed by atoms with van der Waals surface area (Å²) >= 11 is 1.97. The van der Waals surface area contributed by atoms with Crippen LogP contribution in [0.4, 0.5) is 4.79 Å². The van der Waals surface area contributed by atoms with Crippen molar-refractivity contribution in [3.8, 4) is 5.75 Å². The van der Waals surface area contributed by atoms with Crippen LogP contribution in [0.25, 0.3) is 0 Å². The zero-order chi connectivity index (χ0) is 17.1. The zero-order valence-corrected chi connectivity index (χ0v) is 15.1. The number of carboxylic acids is 1. The van der Waals surface area contributed by atoms with Gasteiger partial charge >= 0.3 is 12.1 Å². The molecule has 1 unspecified atom stereocenters. The minimum absolute atomic E-state index is 0.0297. The van der Waals surface area contributed by atoms with Gasteiger partial charge in [-0.1, -0.05) is 6.07 Å². The fourth-order valence-corrected chi connectivity index (χ4v) is 2.67. The number of hydrogen-bond acceptors (Lipinski definition) is 4. The van der Waals surface area contributed by atoms with Gasteiger partial charge in [-0.25, -0.2) is 9.59 Å². The van der Waals surface area contributed by atoms with Gasteiger partial charge in [0.2, 0.25) is 0 Å². The summed E-state index contributed by atoms with van der Waals surface area (Å²) in [6.07, 6.45) is -0.834. The van der Waals surface area contributed by atoms with E-state index < -0.39 is 23.7 Å². The van der Waals surface area contributed by atoms with Crippen LogP contribution in [0.3, 0.4) is 0 Å². The first kappa shape index (κ1) is 18.5. The molecule has 1 aromatic rings. The topological polar surface area (TPSA) is 95.9 Å². The van der Waals surface area contributed by atoms with Crippen molar-refractivity contribution in [2.75, 3.05) is 0 Å². The number of benzene rings is 1. The standard InChI is InChI=1S/C15H20INO5/c1-8-5-9(12(18)10(16)6-8)7-11(13(19)20)17-14(21)22-15(2,3)4/h5-6,11,18H,7H2,1-4H3,(H,17,21)(H,19,20). The number of hydrogen-bond donors (Lipinski definition) is 3. The lowest BCUT2D eigenvalue weighted by molar-refractivity contribution is -0.139. The molecule has 0 aromatic heterocycles. The van der Waals surface area contributed by atoms with Gasteiger partial charge < -0.3 is 20.3 Å². The van der Waals surface area contributed by atoms with Crippen LogP contribution in [0, 0.1) is 10.5 Å². The first-order chi connectivity index (χ1) is 9.99. The number of rotatable bonds is 4. The number of phenols is 1. The molecule has 0 saturated carbocycles. The Morgan fingerprint density at radius 2 is 1.95 bits per heavy atom. The van der Waals surface area contributed by atoms with E-state index in [1.54, 1.807) is 32.9 Å². The molecule has 0 saturated heterocycles. The molecular formula is C15H20INO5. The van der Waals surface area contributed by atoms with Gasteiger partial charge in [0.05, 0.1) is 3.57 Å². The Kier molecular flexibility index (Phi) is 6.04. The van der Waals surface area contributed by atoms with Crippen LogP contribution < -0.4 is 5.32 Å². The van der Waals surface area contributed by atoms with Gasteiger partial charge in [0, 0.05) is 6.42 Å². The minimum atomic E-state index is -1.19. The van der Waals surface area contributed by atoms with Crippen LogP contribution in [-0.4, -0.2) is 33.9 Å². The molecule has 0 heterocycles. The van der Waals surface area contributed by atoms with Crippen molar-refractivity contribution in [2.45, 2.75) is 45.8 Å². The van der Waals surface area contributed by atoms with E-state index in [2.05, 4.69) is 5.32 Å². The maximum absolute atomic E-state index is 11.7. The molecule has 0 bridgehead atoms. The third-order valence-electron chi connectivity index (χ3n) is 2.70. The highest BCUT2D eigenvalue weighted by Gasteiger charge is 2.25. The molecule has 0 fully saturated rings. The smallest absolute Gasteiger partial charge is 0.408 e. The van der Waals surface area contributed by atoms with Gasteiger partial charge in [-0.3, -0.25) is 0 Å². The van der Waals surface area contributed by atoms with E-state index in [1.165, 1.54) is 0 Å². The van der Waals surface area contributed by atoms with Crippen molar-refractivity contribution in [3.63, 3.8) is 0 Å². The van der Waals surface area contributed by atoms with Crippen molar-refractivity contribution in [1.29, 1.82) is 0 Å². The number of carbonyl (C=O) groups is 2. The van der Waals surface area contributed by atoms with E-state index in [-0.39, 0.29) is 12.2 Å². The maximum atomic E-state index is 11.7. The fourth-order valence-electron chi connectivity index (χ4n) is 1.83. The molecule has 0 radical (unpaired) electrons. The second kappa shape index (κ2) is 7.17. The first-order valence-corrected chi connectivity index (χ1v) is 7.78. The molecule has 1 aromatic carbocycles. The summed E-state index contributed by atoms with van der Waals surface area (Å²) in [5.41, 5.74) is 0.653. The van der Waals surface area contributed by atoms with Crippen molar-refractivity contribution < 1.29 is 24.5 Å². The third-order valence-corrected chi connectivity index (χ3v) is 3.52. The van der Waals surface area contributed by atoms with Gasteiger partial charge in [0.25, 0.3) is 0 Å². The number of carbonyl (C=O) groups excluding carboxylic acids is 1. The van der Waals surface area contributed by atoms with Crippen LogP contribution in [-0.2, 0) is 16.0 Å². The molecule has 0 spiro atoms. The van der Waals surface area contributed by atoms with Gasteiger partial charge in [-0.15, -0.1) is 0 Å². The Labute approximate surface area is 143 Å². The number of phenolic OH excluding ortho intramolecular Hbond substituents is 1. The average molecular weight is 421 g/mol. The van der Waals surface area contributed by atoms with E-state index in [0.29, 0.717) is 9.13 Å². The molecule has 1 rings (SSSR count). The highest BCUT2D eigenvalue weighted by Crippen LogP contribution is 2.27. The van der Waals surface area contributed by atoms with Gasteiger partial charge in [0.1, 0.15) is 17.4 Å². The molecule has 1 amide bonds. The molecule has 6 nitrogen and oxygen atoms in total. The number of ether oxygens (including phenoxy) is 1. The monoisotopic (exact) mass is 421 g/mol. The number of aliphatic carboxylic acids is 1. The molecule has 1 atom stereocenters. The number of carboxylic acid groups (broad SMARTS) is 1. The quantitative estimate of drug-likeness (QED) is 0.650. The van der Waals surface area contributed by atoms with E-state index in [0.717, 1.165) is 5.56 Å². The predicted octanol–water partition coefficient (Wildman–Crippen LogP) is 2.83. The molecule has 3 N–H and O–H groups in total. The molecule has 0 aliphatic rings. The van der Waals surface area contributed by atoms with Crippen LogP contribution in [0.2, 0.25) is 0 Å². The fraction of sp³-hybridized carbons (Fsp3) is 0.467. The summed E-state index contributed by atoms with van der Waals surface area (Å²) in [6, 6.07) is 2.30. The lowest BCUT2D eigenvalue weighted by Gasteiger charge is -2.22. The first-order valence-electron chi connectivity index (χ1n) is 6.70. The van der Waals surface area contributed by atoms with Crippen LogP contribution in [0.1, 0.15) is 31.9 Å². The average Bonchev–Trinajstić information content (AvgIpc) is 2.31. The molecule has 7 heteroatoms. The lowest BCUT2D eigenvalue weighted by atomic mass is 10.0. The summed E-state index contributed by atoms with van der Waals surface area (Å²) in [5, 5.41) is 21.6. The second-order valence-corrected chi connectivity index (χ2v) is 7.16. The van der Waals surface area contributed by atoms with Crippen molar-refractivity contribution in [3.05, 3.63) is 26.8 Å². The van der Waals surface area contributed by atoms with Gasteiger partial charge in [0.15, 0.2) is 0 Å². The summed E-state index contributed by atoms with van der Waals surface area (Å²) in [5.74, 6) is -1.16. The molecule has 22 heavy (non-hydrogen) atoms. The zero-order valence-electron chi connectivity index (χ0n) is 12.9. The van der Waals surface area contributed by atoms with Crippen LogP contribution in [0.5, 0.6) is 5.75 Å². The Morgan fingerprint density at radius 3 is 2.45 bits per heavy atom. The van der Waals surface area contributed by atoms with Crippen molar-refractivity contribution in [2.24, 2.45) is 0 Å². The Balaban J connectivity index is 2.90. The predicted molar refractivity (Wildman–Crippen MR) is 90.1 cm³/mol. The van der Waals surface area contributed by atoms with E-state index in [1.807, 2.05) is 29.5 Å². The summed E-state index contributed by atoms with van der Waals surface area (Å²) in [6.45, 7) is 6.92. The van der Waals surface area contributed by atoms with Crippen molar-refractivity contribution in [1.82, 2.24) is 5.32 Å². The Bertz CT molecular complexity index is 580. The molecule has 122 valence electrons. The SMILES string of the molecule is Cc1cc(I)c(O)c(CC(NC(=O)OC(C)(C)C)C(=O)O)c1. The Morgan fingerprint density at radius 1 is 1.36 bits per heavy atom. The lowest BCUT2D eigenvalue weighted by Crippen LogP contribution is -2.44. The number of aryl methyl sites for hydroxylation is 1.